The molecular formula is C14H18INO2. The van der Waals surface area contributed by atoms with E-state index < -0.39 is 5.97 Å². The zero-order valence-electron chi connectivity index (χ0n) is 10.5. The average Bonchev–Trinajstić information content (AvgIpc) is 2.28. The fourth-order valence-corrected chi connectivity index (χ4v) is 3.27. The third-order valence-electron chi connectivity index (χ3n) is 3.38. The molecule has 0 saturated carbocycles. The molecule has 1 aromatic carbocycles. The molecule has 3 nitrogen and oxygen atoms in total. The predicted molar refractivity (Wildman–Crippen MR) is 79.3 cm³/mol. The monoisotopic (exact) mass is 359 g/mol. The molecule has 1 N–H and O–H groups in total. The number of halogens is 1. The molecule has 4 heteroatoms. The van der Waals surface area contributed by atoms with E-state index >= 15 is 0 Å². The molecule has 0 aromatic heterocycles. The quantitative estimate of drug-likeness (QED) is 0.844. The average molecular weight is 359 g/mol. The van der Waals surface area contributed by atoms with Crippen molar-refractivity contribution in [2.45, 2.75) is 19.9 Å². The van der Waals surface area contributed by atoms with Gasteiger partial charge in [-0.05, 0) is 52.6 Å². The first-order chi connectivity index (χ1) is 8.54. The lowest BCUT2D eigenvalue weighted by Crippen LogP contribution is -2.41. The molecule has 0 amide bonds. The number of aliphatic carboxylic acids is 1. The summed E-state index contributed by atoms with van der Waals surface area (Å²) in [4.78, 5) is 13.4. The highest BCUT2D eigenvalue weighted by Crippen LogP contribution is 2.23. The number of hydrogen-bond donors (Lipinski definition) is 1. The number of likely N-dealkylation sites (tertiary alicyclic amines) is 1. The molecule has 98 valence electrons. The van der Waals surface area contributed by atoms with E-state index in [1.807, 2.05) is 0 Å². The van der Waals surface area contributed by atoms with E-state index in [0.29, 0.717) is 12.5 Å². The van der Waals surface area contributed by atoms with Crippen molar-refractivity contribution in [2.24, 2.45) is 11.8 Å². The lowest BCUT2D eigenvalue weighted by atomic mass is 9.90. The summed E-state index contributed by atoms with van der Waals surface area (Å²) in [5, 5.41) is 9.16. The minimum atomic E-state index is -0.658. The van der Waals surface area contributed by atoms with Gasteiger partial charge < -0.3 is 5.11 Å². The fourth-order valence-electron chi connectivity index (χ4n) is 2.66. The van der Waals surface area contributed by atoms with Crippen LogP contribution in [0.4, 0.5) is 0 Å². The molecule has 1 saturated heterocycles. The first kappa shape index (κ1) is 13.8. The smallest absolute Gasteiger partial charge is 0.307 e. The van der Waals surface area contributed by atoms with Crippen molar-refractivity contribution in [3.05, 3.63) is 33.4 Å². The van der Waals surface area contributed by atoms with Crippen molar-refractivity contribution < 1.29 is 9.90 Å². The Morgan fingerprint density at radius 3 is 2.94 bits per heavy atom. The van der Waals surface area contributed by atoms with Gasteiger partial charge in [0.25, 0.3) is 0 Å². The summed E-state index contributed by atoms with van der Waals surface area (Å²) in [7, 11) is 0. The number of piperidine rings is 1. The second-order valence-electron chi connectivity index (χ2n) is 5.20. The van der Waals surface area contributed by atoms with Gasteiger partial charge in [-0.1, -0.05) is 19.1 Å². The van der Waals surface area contributed by atoms with Crippen molar-refractivity contribution in [1.29, 1.82) is 0 Å². The van der Waals surface area contributed by atoms with Crippen LogP contribution in [0, 0.1) is 15.4 Å². The maximum Gasteiger partial charge on any atom is 0.307 e. The van der Waals surface area contributed by atoms with E-state index in [1.54, 1.807) is 0 Å². The van der Waals surface area contributed by atoms with E-state index in [0.717, 1.165) is 19.5 Å². The van der Waals surface area contributed by atoms with Gasteiger partial charge in [-0.25, -0.2) is 0 Å². The van der Waals surface area contributed by atoms with Gasteiger partial charge >= 0.3 is 5.97 Å². The van der Waals surface area contributed by atoms with Crippen LogP contribution in [0.3, 0.4) is 0 Å². The molecule has 1 aliphatic heterocycles. The van der Waals surface area contributed by atoms with Crippen LogP contribution < -0.4 is 0 Å². The molecule has 0 aliphatic carbocycles. The molecule has 0 radical (unpaired) electrons. The number of benzene rings is 1. The summed E-state index contributed by atoms with van der Waals surface area (Å²) in [5.41, 5.74) is 1.26. The standard InChI is InChI=1S/C14H18INO2/c1-10-5-12(14(17)18)9-16(7-10)8-11-3-2-4-13(15)6-11/h2-4,6,10,12H,5,7-9H2,1H3,(H,17,18). The van der Waals surface area contributed by atoms with Crippen LogP contribution in [0.25, 0.3) is 0 Å². The number of carbonyl (C=O) groups is 1. The van der Waals surface area contributed by atoms with Crippen LogP contribution in [0.2, 0.25) is 0 Å². The van der Waals surface area contributed by atoms with Gasteiger partial charge in [0.15, 0.2) is 0 Å². The first-order valence-corrected chi connectivity index (χ1v) is 7.32. The van der Waals surface area contributed by atoms with Crippen molar-refractivity contribution in [3.63, 3.8) is 0 Å². The summed E-state index contributed by atoms with van der Waals surface area (Å²) >= 11 is 2.31. The Hall–Kier alpha value is -0.620. The van der Waals surface area contributed by atoms with Crippen molar-refractivity contribution in [3.8, 4) is 0 Å². The van der Waals surface area contributed by atoms with Gasteiger partial charge in [0.05, 0.1) is 5.92 Å². The maximum atomic E-state index is 11.1. The molecule has 1 heterocycles. The highest BCUT2D eigenvalue weighted by atomic mass is 127. The van der Waals surface area contributed by atoms with Gasteiger partial charge in [-0.2, -0.15) is 0 Å². The molecule has 1 aliphatic rings. The number of rotatable bonds is 3. The Kier molecular flexibility index (Phi) is 4.61. The number of carboxylic acids is 1. The number of hydrogen-bond acceptors (Lipinski definition) is 2. The van der Waals surface area contributed by atoms with Gasteiger partial charge in [-0.3, -0.25) is 9.69 Å². The van der Waals surface area contributed by atoms with E-state index in [9.17, 15) is 4.79 Å². The highest BCUT2D eigenvalue weighted by molar-refractivity contribution is 14.1. The molecule has 1 fully saturated rings. The van der Waals surface area contributed by atoms with Gasteiger partial charge in [-0.15, -0.1) is 0 Å². The topological polar surface area (TPSA) is 40.5 Å². The molecule has 2 rings (SSSR count). The molecule has 0 spiro atoms. The minimum Gasteiger partial charge on any atom is -0.481 e. The van der Waals surface area contributed by atoms with Gasteiger partial charge in [0.1, 0.15) is 0 Å². The summed E-state index contributed by atoms with van der Waals surface area (Å²) in [6.07, 6.45) is 0.804. The highest BCUT2D eigenvalue weighted by Gasteiger charge is 2.29. The Bertz CT molecular complexity index is 436. The second kappa shape index (κ2) is 6.02. The third-order valence-corrected chi connectivity index (χ3v) is 4.05. The molecule has 1 aromatic rings. The summed E-state index contributed by atoms with van der Waals surface area (Å²) in [6.45, 7) is 4.65. The molecule has 0 bridgehead atoms. The van der Waals surface area contributed by atoms with Crippen molar-refractivity contribution in [2.75, 3.05) is 13.1 Å². The van der Waals surface area contributed by atoms with Crippen LogP contribution in [-0.4, -0.2) is 29.1 Å². The molecule has 2 unspecified atom stereocenters. The van der Waals surface area contributed by atoms with Crippen LogP contribution in [0.1, 0.15) is 18.9 Å². The molecular weight excluding hydrogens is 341 g/mol. The third kappa shape index (κ3) is 3.68. The SMILES string of the molecule is CC1CC(C(=O)O)CN(Cc2cccc(I)c2)C1. The van der Waals surface area contributed by atoms with E-state index in [4.69, 9.17) is 5.11 Å². The Labute approximate surface area is 121 Å². The Morgan fingerprint density at radius 2 is 2.28 bits per heavy atom. The summed E-state index contributed by atoms with van der Waals surface area (Å²) < 4.78 is 1.23. The number of nitrogens with zero attached hydrogens (tertiary/aromatic N) is 1. The predicted octanol–water partition coefficient (Wildman–Crippen LogP) is 2.83. The minimum absolute atomic E-state index is 0.212. The Balaban J connectivity index is 2.02. The zero-order valence-corrected chi connectivity index (χ0v) is 12.6. The van der Waals surface area contributed by atoms with Crippen LogP contribution >= 0.6 is 22.6 Å². The second-order valence-corrected chi connectivity index (χ2v) is 6.45. The largest absolute Gasteiger partial charge is 0.481 e. The van der Waals surface area contributed by atoms with Crippen LogP contribution in [0.5, 0.6) is 0 Å². The first-order valence-electron chi connectivity index (χ1n) is 6.24. The Morgan fingerprint density at radius 1 is 1.50 bits per heavy atom. The lowest BCUT2D eigenvalue weighted by molar-refractivity contribution is -0.144. The lowest BCUT2D eigenvalue weighted by Gasteiger charge is -2.34. The van der Waals surface area contributed by atoms with Crippen LogP contribution in [0.15, 0.2) is 24.3 Å². The maximum absolute atomic E-state index is 11.1. The fraction of sp³-hybridized carbons (Fsp3) is 0.500. The van der Waals surface area contributed by atoms with E-state index in [2.05, 4.69) is 58.7 Å². The van der Waals surface area contributed by atoms with Gasteiger partial charge in [0.2, 0.25) is 0 Å². The summed E-state index contributed by atoms with van der Waals surface area (Å²) in [5.74, 6) is -0.409. The van der Waals surface area contributed by atoms with Crippen molar-refractivity contribution >= 4 is 28.6 Å². The number of carboxylic acid groups (broad SMARTS) is 1. The molecule has 18 heavy (non-hydrogen) atoms. The molecule has 2 atom stereocenters. The van der Waals surface area contributed by atoms with E-state index in [1.165, 1.54) is 9.13 Å². The van der Waals surface area contributed by atoms with Crippen LogP contribution in [-0.2, 0) is 11.3 Å². The van der Waals surface area contributed by atoms with Gasteiger partial charge in [0, 0.05) is 23.2 Å². The van der Waals surface area contributed by atoms with Crippen molar-refractivity contribution in [1.82, 2.24) is 4.90 Å². The van der Waals surface area contributed by atoms with E-state index in [-0.39, 0.29) is 5.92 Å². The normalized spacial score (nSPS) is 25.0. The summed E-state index contributed by atoms with van der Waals surface area (Å²) in [6, 6.07) is 8.40. The zero-order chi connectivity index (χ0) is 13.1.